The van der Waals surface area contributed by atoms with Crippen LogP contribution in [0.4, 0.5) is 0 Å². The summed E-state index contributed by atoms with van der Waals surface area (Å²) in [6, 6.07) is 8.63. The number of amides is 1. The molecular formula is C20H27N3O. The molecule has 2 aromatic rings. The van der Waals surface area contributed by atoms with E-state index in [4.69, 9.17) is 0 Å². The summed E-state index contributed by atoms with van der Waals surface area (Å²) < 4.78 is 2.03. The summed E-state index contributed by atoms with van der Waals surface area (Å²) in [5, 5.41) is 3.26. The van der Waals surface area contributed by atoms with E-state index < -0.39 is 0 Å². The minimum absolute atomic E-state index is 0.00142. The molecule has 0 aliphatic heterocycles. The van der Waals surface area contributed by atoms with Crippen molar-refractivity contribution in [2.24, 2.45) is 11.3 Å². The van der Waals surface area contributed by atoms with Crippen molar-refractivity contribution in [2.75, 3.05) is 0 Å². The van der Waals surface area contributed by atoms with E-state index >= 15 is 0 Å². The molecule has 1 aliphatic rings. The minimum Gasteiger partial charge on any atom is -0.351 e. The van der Waals surface area contributed by atoms with E-state index in [9.17, 15) is 4.79 Å². The SMILES string of the molecule is CC(C)(C)[C@@H](Cn1ccnc1)NC(=O)CC1Cc2ccccc2C1. The molecule has 1 N–H and O–H groups in total. The Bertz CT molecular complexity index is 660. The predicted octanol–water partition coefficient (Wildman–Crippen LogP) is 3.22. The van der Waals surface area contributed by atoms with Crippen LogP contribution in [0.15, 0.2) is 43.0 Å². The predicted molar refractivity (Wildman–Crippen MR) is 95.6 cm³/mol. The Balaban J connectivity index is 1.58. The van der Waals surface area contributed by atoms with Gasteiger partial charge >= 0.3 is 0 Å². The summed E-state index contributed by atoms with van der Waals surface area (Å²) in [4.78, 5) is 16.7. The fourth-order valence-electron chi connectivity index (χ4n) is 3.45. The van der Waals surface area contributed by atoms with Gasteiger partial charge < -0.3 is 9.88 Å². The zero-order chi connectivity index (χ0) is 17.2. The molecule has 1 aromatic heterocycles. The second-order valence-electron chi connectivity index (χ2n) is 7.99. The summed E-state index contributed by atoms with van der Waals surface area (Å²) in [7, 11) is 0. The van der Waals surface area contributed by atoms with Crippen LogP contribution in [0.5, 0.6) is 0 Å². The molecule has 1 atom stereocenters. The molecule has 4 nitrogen and oxygen atoms in total. The molecule has 1 heterocycles. The van der Waals surface area contributed by atoms with Crippen LogP contribution in [-0.2, 0) is 24.2 Å². The van der Waals surface area contributed by atoms with Crippen molar-refractivity contribution in [3.63, 3.8) is 0 Å². The Hall–Kier alpha value is -2.10. The molecule has 4 heteroatoms. The Labute approximate surface area is 144 Å². The third-order valence-electron chi connectivity index (χ3n) is 4.94. The fraction of sp³-hybridized carbons (Fsp3) is 0.500. The Morgan fingerprint density at radius 3 is 2.50 bits per heavy atom. The zero-order valence-electron chi connectivity index (χ0n) is 14.8. The number of nitrogens with one attached hydrogen (secondary N) is 1. The molecule has 0 spiro atoms. The van der Waals surface area contributed by atoms with E-state index in [1.54, 1.807) is 12.5 Å². The number of imidazole rings is 1. The largest absolute Gasteiger partial charge is 0.351 e. The first-order valence-electron chi connectivity index (χ1n) is 8.73. The number of nitrogens with zero attached hydrogens (tertiary/aromatic N) is 2. The van der Waals surface area contributed by atoms with Crippen molar-refractivity contribution >= 4 is 5.91 Å². The van der Waals surface area contributed by atoms with E-state index in [-0.39, 0.29) is 17.4 Å². The van der Waals surface area contributed by atoms with E-state index in [1.807, 2.05) is 10.8 Å². The maximum absolute atomic E-state index is 12.6. The Morgan fingerprint density at radius 2 is 1.96 bits per heavy atom. The minimum atomic E-state index is -0.00142. The van der Waals surface area contributed by atoms with Crippen LogP contribution in [0, 0.1) is 11.3 Å². The van der Waals surface area contributed by atoms with Gasteiger partial charge in [0.05, 0.1) is 12.4 Å². The van der Waals surface area contributed by atoms with Gasteiger partial charge in [0.25, 0.3) is 0 Å². The average molecular weight is 325 g/mol. The van der Waals surface area contributed by atoms with Crippen molar-refractivity contribution in [1.29, 1.82) is 0 Å². The number of carbonyl (C=O) groups excluding carboxylic acids is 1. The summed E-state index contributed by atoms with van der Waals surface area (Å²) in [5.74, 6) is 0.587. The van der Waals surface area contributed by atoms with E-state index in [0.29, 0.717) is 12.3 Å². The van der Waals surface area contributed by atoms with Gasteiger partial charge in [0, 0.05) is 25.4 Å². The monoisotopic (exact) mass is 325 g/mol. The van der Waals surface area contributed by atoms with Crippen molar-refractivity contribution in [2.45, 2.75) is 52.6 Å². The molecule has 0 fully saturated rings. The van der Waals surface area contributed by atoms with Crippen molar-refractivity contribution < 1.29 is 4.79 Å². The van der Waals surface area contributed by atoms with Gasteiger partial charge in [-0.2, -0.15) is 0 Å². The topological polar surface area (TPSA) is 46.9 Å². The maximum atomic E-state index is 12.6. The van der Waals surface area contributed by atoms with Gasteiger partial charge in [-0.25, -0.2) is 4.98 Å². The Morgan fingerprint density at radius 1 is 1.29 bits per heavy atom. The lowest BCUT2D eigenvalue weighted by atomic mass is 9.86. The standard InChI is InChI=1S/C20H27N3O/c1-20(2,3)18(13-23-9-8-21-14-23)22-19(24)12-15-10-16-6-4-5-7-17(16)11-15/h4-9,14-15,18H,10-13H2,1-3H3,(H,22,24)/t18-/m1/s1. The molecule has 0 unspecified atom stereocenters. The van der Waals surface area contributed by atoms with Crippen LogP contribution in [0.3, 0.4) is 0 Å². The second-order valence-corrected chi connectivity index (χ2v) is 7.99. The van der Waals surface area contributed by atoms with Gasteiger partial charge in [-0.1, -0.05) is 45.0 Å². The number of fused-ring (bicyclic) bond motifs is 1. The van der Waals surface area contributed by atoms with E-state index in [1.165, 1.54) is 11.1 Å². The molecule has 0 radical (unpaired) electrons. The first-order chi connectivity index (χ1) is 11.4. The van der Waals surface area contributed by atoms with Crippen LogP contribution >= 0.6 is 0 Å². The lowest BCUT2D eigenvalue weighted by Crippen LogP contribution is -2.46. The fourth-order valence-corrected chi connectivity index (χ4v) is 3.45. The van der Waals surface area contributed by atoms with Gasteiger partial charge in [-0.05, 0) is 35.3 Å². The first kappa shape index (κ1) is 16.7. The van der Waals surface area contributed by atoms with Crippen LogP contribution in [0.2, 0.25) is 0 Å². The number of hydrogen-bond donors (Lipinski definition) is 1. The highest BCUT2D eigenvalue weighted by molar-refractivity contribution is 5.76. The number of aromatic nitrogens is 2. The lowest BCUT2D eigenvalue weighted by Gasteiger charge is -2.32. The second kappa shape index (κ2) is 6.80. The Kier molecular flexibility index (Phi) is 4.74. The first-order valence-corrected chi connectivity index (χ1v) is 8.73. The van der Waals surface area contributed by atoms with Crippen molar-refractivity contribution in [1.82, 2.24) is 14.9 Å². The molecule has 0 saturated carbocycles. The van der Waals surface area contributed by atoms with Gasteiger partial charge in [0.1, 0.15) is 0 Å². The maximum Gasteiger partial charge on any atom is 0.220 e. The van der Waals surface area contributed by atoms with Gasteiger partial charge in [0.15, 0.2) is 0 Å². The normalized spacial score (nSPS) is 16.0. The highest BCUT2D eigenvalue weighted by Crippen LogP contribution is 2.29. The molecule has 1 aromatic carbocycles. The molecule has 1 aliphatic carbocycles. The number of rotatable bonds is 5. The summed E-state index contributed by atoms with van der Waals surface area (Å²) in [6.07, 6.45) is 8.16. The summed E-state index contributed by atoms with van der Waals surface area (Å²) in [5.41, 5.74) is 2.81. The number of hydrogen-bond acceptors (Lipinski definition) is 2. The lowest BCUT2D eigenvalue weighted by molar-refractivity contribution is -0.123. The molecule has 24 heavy (non-hydrogen) atoms. The van der Waals surface area contributed by atoms with E-state index in [0.717, 1.165) is 19.4 Å². The molecular weight excluding hydrogens is 298 g/mol. The van der Waals surface area contributed by atoms with Crippen LogP contribution < -0.4 is 5.32 Å². The van der Waals surface area contributed by atoms with Crippen LogP contribution in [0.25, 0.3) is 0 Å². The molecule has 128 valence electrons. The number of carbonyl (C=O) groups is 1. The van der Waals surface area contributed by atoms with Gasteiger partial charge in [0.2, 0.25) is 5.91 Å². The van der Waals surface area contributed by atoms with Crippen LogP contribution in [0.1, 0.15) is 38.3 Å². The quantitative estimate of drug-likeness (QED) is 0.917. The molecule has 0 saturated heterocycles. The summed E-state index contributed by atoms with van der Waals surface area (Å²) in [6.45, 7) is 7.25. The van der Waals surface area contributed by atoms with E-state index in [2.05, 4.69) is 55.3 Å². The van der Waals surface area contributed by atoms with Crippen LogP contribution in [-0.4, -0.2) is 21.5 Å². The van der Waals surface area contributed by atoms with Gasteiger partial charge in [-0.15, -0.1) is 0 Å². The third kappa shape index (κ3) is 4.05. The van der Waals surface area contributed by atoms with Crippen molar-refractivity contribution in [3.05, 3.63) is 54.1 Å². The van der Waals surface area contributed by atoms with Crippen molar-refractivity contribution in [3.8, 4) is 0 Å². The molecule has 3 rings (SSSR count). The highest BCUT2D eigenvalue weighted by Gasteiger charge is 2.29. The summed E-state index contributed by atoms with van der Waals surface area (Å²) >= 11 is 0. The zero-order valence-corrected chi connectivity index (χ0v) is 14.8. The smallest absolute Gasteiger partial charge is 0.220 e. The number of benzene rings is 1. The third-order valence-corrected chi connectivity index (χ3v) is 4.94. The van der Waals surface area contributed by atoms with Gasteiger partial charge in [-0.3, -0.25) is 4.79 Å². The average Bonchev–Trinajstić information content (AvgIpc) is 3.13. The highest BCUT2D eigenvalue weighted by atomic mass is 16.1. The molecule has 0 bridgehead atoms. The molecule has 1 amide bonds.